The van der Waals surface area contributed by atoms with Crippen LogP contribution in [0.25, 0.3) is 0 Å². The van der Waals surface area contributed by atoms with E-state index in [-0.39, 0.29) is 35.2 Å². The Morgan fingerprint density at radius 3 is 2.79 bits per heavy atom. The first kappa shape index (κ1) is 33.8. The summed E-state index contributed by atoms with van der Waals surface area (Å²) >= 11 is 6.39. The number of alkyl halides is 3. The Hall–Kier alpha value is -3.09. The number of rotatable bonds is 3. The van der Waals surface area contributed by atoms with Crippen molar-refractivity contribution in [1.82, 2.24) is 4.72 Å². The molecule has 1 N–H and O–H groups in total. The summed E-state index contributed by atoms with van der Waals surface area (Å²) in [4.78, 5) is 28.0. The lowest BCUT2D eigenvalue weighted by atomic mass is 9.68. The van der Waals surface area contributed by atoms with Crippen LogP contribution in [0.4, 0.5) is 18.9 Å². The van der Waals surface area contributed by atoms with Crippen LogP contribution < -0.4 is 14.4 Å². The monoisotopic (exact) mass is 693 g/mol. The summed E-state index contributed by atoms with van der Waals surface area (Å²) in [5, 5.41) is 0.692. The van der Waals surface area contributed by atoms with Gasteiger partial charge in [0.25, 0.3) is 5.91 Å². The van der Waals surface area contributed by atoms with Gasteiger partial charge in [-0.1, -0.05) is 29.8 Å². The quantitative estimate of drug-likeness (QED) is 0.356. The van der Waals surface area contributed by atoms with Crippen LogP contribution in [0.1, 0.15) is 66.4 Å². The van der Waals surface area contributed by atoms with Gasteiger partial charge in [-0.2, -0.15) is 13.2 Å². The summed E-state index contributed by atoms with van der Waals surface area (Å²) in [6, 6.07) is 10.9. The van der Waals surface area contributed by atoms with Crippen LogP contribution in [0.5, 0.6) is 5.75 Å². The molecule has 2 aliphatic carbocycles. The SMILES string of the molecule is CO[C@H]1/C=C/CCCS(=O)(NC(=O)CC(F)(F)F)=NC(=O)c2ccc3c(c2)N(C[C@@H]2CC[C@H]21)C[C@@]1(CCCc2cc(Cl)ccc21)CO3. The molecule has 2 aromatic carbocycles. The number of fused-ring (bicyclic) bond motifs is 4. The number of amides is 2. The molecule has 254 valence electrons. The van der Waals surface area contributed by atoms with E-state index in [1.807, 2.05) is 29.0 Å². The van der Waals surface area contributed by atoms with E-state index in [1.165, 1.54) is 17.2 Å². The molecular formula is C34H39ClF3N3O5S. The summed E-state index contributed by atoms with van der Waals surface area (Å²) in [5.74, 6) is -1.50. The van der Waals surface area contributed by atoms with Crippen LogP contribution in [0.2, 0.25) is 5.02 Å². The number of hydrogen-bond acceptors (Lipinski definition) is 6. The molecule has 13 heteroatoms. The average molecular weight is 694 g/mol. The number of methoxy groups -OCH3 is 1. The van der Waals surface area contributed by atoms with Gasteiger partial charge in [0, 0.05) is 36.2 Å². The lowest BCUT2D eigenvalue weighted by Gasteiger charge is -2.46. The first-order valence-corrected chi connectivity index (χ1v) is 18.1. The van der Waals surface area contributed by atoms with Crippen molar-refractivity contribution in [2.75, 3.05) is 37.5 Å². The van der Waals surface area contributed by atoms with Crippen molar-refractivity contribution < 1.29 is 36.4 Å². The van der Waals surface area contributed by atoms with Crippen LogP contribution >= 0.6 is 11.6 Å². The van der Waals surface area contributed by atoms with Gasteiger partial charge in [-0.05, 0) is 98.2 Å². The minimum atomic E-state index is -4.80. The van der Waals surface area contributed by atoms with E-state index in [1.54, 1.807) is 19.2 Å². The van der Waals surface area contributed by atoms with Crippen molar-refractivity contribution >= 4 is 39.0 Å². The molecule has 6 rings (SSSR count). The van der Waals surface area contributed by atoms with Crippen molar-refractivity contribution in [1.29, 1.82) is 0 Å². The third-order valence-corrected chi connectivity index (χ3v) is 12.0. The topological polar surface area (TPSA) is 97.3 Å². The molecule has 0 aromatic heterocycles. The summed E-state index contributed by atoms with van der Waals surface area (Å²) in [5.41, 5.74) is 2.88. The summed E-state index contributed by atoms with van der Waals surface area (Å²) in [6.07, 6.45) is 2.57. The smallest absolute Gasteiger partial charge is 0.397 e. The van der Waals surface area contributed by atoms with Crippen LogP contribution in [0, 0.1) is 11.8 Å². The van der Waals surface area contributed by atoms with E-state index in [0.29, 0.717) is 48.5 Å². The van der Waals surface area contributed by atoms with E-state index in [0.717, 1.165) is 32.1 Å². The maximum absolute atomic E-state index is 13.8. The minimum absolute atomic E-state index is 0.105. The maximum Gasteiger partial charge on any atom is 0.397 e. The third-order valence-electron chi connectivity index (χ3n) is 9.89. The predicted molar refractivity (Wildman–Crippen MR) is 174 cm³/mol. The zero-order chi connectivity index (χ0) is 33.4. The lowest BCUT2D eigenvalue weighted by Crippen LogP contribution is -2.49. The normalized spacial score (nSPS) is 30.1. The van der Waals surface area contributed by atoms with Gasteiger partial charge in [-0.15, -0.1) is 4.36 Å². The second kappa shape index (κ2) is 13.4. The second-order valence-corrected chi connectivity index (χ2v) is 15.6. The summed E-state index contributed by atoms with van der Waals surface area (Å²) in [6.45, 7) is 1.75. The summed E-state index contributed by atoms with van der Waals surface area (Å²) in [7, 11) is -2.18. The largest absolute Gasteiger partial charge is 0.490 e. The third kappa shape index (κ3) is 7.49. The average Bonchev–Trinajstić information content (AvgIpc) is 3.13. The molecule has 1 spiro atoms. The molecule has 2 amide bonds. The van der Waals surface area contributed by atoms with E-state index in [2.05, 4.69) is 15.3 Å². The van der Waals surface area contributed by atoms with Gasteiger partial charge in [0.2, 0.25) is 5.91 Å². The fourth-order valence-corrected chi connectivity index (χ4v) is 9.30. The predicted octanol–water partition coefficient (Wildman–Crippen LogP) is 6.80. The summed E-state index contributed by atoms with van der Waals surface area (Å²) < 4.78 is 70.8. The van der Waals surface area contributed by atoms with Gasteiger partial charge in [0.15, 0.2) is 0 Å². The van der Waals surface area contributed by atoms with E-state index in [9.17, 15) is 27.0 Å². The highest BCUT2D eigenvalue weighted by Gasteiger charge is 2.44. The van der Waals surface area contributed by atoms with Crippen molar-refractivity contribution in [2.24, 2.45) is 16.2 Å². The highest BCUT2D eigenvalue weighted by Crippen LogP contribution is 2.47. The Kier molecular flexibility index (Phi) is 9.66. The van der Waals surface area contributed by atoms with E-state index < -0.39 is 34.3 Å². The van der Waals surface area contributed by atoms with Gasteiger partial charge in [-0.25, -0.2) is 4.21 Å². The van der Waals surface area contributed by atoms with Crippen molar-refractivity contribution in [3.05, 3.63) is 70.3 Å². The number of hydrogen-bond donors (Lipinski definition) is 1. The van der Waals surface area contributed by atoms with Crippen molar-refractivity contribution in [3.63, 3.8) is 0 Å². The molecule has 1 unspecified atom stereocenters. The molecule has 2 bridgehead atoms. The molecular weight excluding hydrogens is 655 g/mol. The van der Waals surface area contributed by atoms with Gasteiger partial charge < -0.3 is 14.4 Å². The molecule has 1 saturated carbocycles. The first-order valence-electron chi connectivity index (χ1n) is 16.0. The molecule has 0 saturated heterocycles. The number of aryl methyl sites for hydroxylation is 1. The van der Waals surface area contributed by atoms with Crippen molar-refractivity contribution in [2.45, 2.75) is 69.1 Å². The molecule has 2 aromatic rings. The Balaban J connectivity index is 1.42. The number of anilines is 1. The number of nitrogens with one attached hydrogen (secondary N) is 1. The molecule has 0 radical (unpaired) electrons. The van der Waals surface area contributed by atoms with Gasteiger partial charge in [0.05, 0.1) is 24.2 Å². The van der Waals surface area contributed by atoms with E-state index in [4.69, 9.17) is 21.1 Å². The molecule has 5 atom stereocenters. The number of carbonyl (C=O) groups excluding carboxylic acids is 2. The van der Waals surface area contributed by atoms with Crippen LogP contribution in [0.15, 0.2) is 52.9 Å². The number of nitrogens with zero attached hydrogens (tertiary/aromatic N) is 2. The number of carbonyl (C=O) groups is 2. The van der Waals surface area contributed by atoms with Gasteiger partial charge >= 0.3 is 6.18 Å². The Morgan fingerprint density at radius 2 is 2.04 bits per heavy atom. The number of ether oxygens (including phenoxy) is 2. The zero-order valence-corrected chi connectivity index (χ0v) is 27.8. The number of allylic oxidation sites excluding steroid dienone is 1. The second-order valence-electron chi connectivity index (χ2n) is 13.1. The molecule has 8 nitrogen and oxygen atoms in total. The fraction of sp³-hybridized carbons (Fsp3) is 0.529. The highest BCUT2D eigenvalue weighted by atomic mass is 35.5. The maximum atomic E-state index is 13.8. The lowest BCUT2D eigenvalue weighted by molar-refractivity contribution is -0.152. The standard InChI is InChI=1S/C34H39ClF3N3O5S/c1-45-29-7-3-2-4-15-47(44,39-31(42)18-34(36,37)38)40-32(43)23-9-13-30-28(17-23)41(19-24-8-11-26(24)29)20-33(21-46-30)14-5-6-22-16-25(35)10-12-27(22)33/h3,7,9-10,12-13,16-17,24,26,29H,2,4-6,8,11,14-15,18-21H2,1H3,(H,39,40,42,43,44)/b7-3+/t24-,26+,29-,33-,47?/m0/s1. The molecule has 4 aliphatic rings. The Bertz CT molecular complexity index is 1690. The highest BCUT2D eigenvalue weighted by molar-refractivity contribution is 7.92. The molecule has 2 aliphatic heterocycles. The number of benzene rings is 2. The fourth-order valence-electron chi connectivity index (χ4n) is 7.51. The Labute approximate surface area is 278 Å². The van der Waals surface area contributed by atoms with Gasteiger partial charge in [-0.3, -0.25) is 14.3 Å². The molecule has 47 heavy (non-hydrogen) atoms. The van der Waals surface area contributed by atoms with Gasteiger partial charge in [0.1, 0.15) is 22.1 Å². The zero-order valence-electron chi connectivity index (χ0n) is 26.2. The molecule has 2 heterocycles. The van der Waals surface area contributed by atoms with Crippen LogP contribution in [-0.2, 0) is 31.3 Å². The van der Waals surface area contributed by atoms with E-state index >= 15 is 0 Å². The minimum Gasteiger partial charge on any atom is -0.490 e. The first-order chi connectivity index (χ1) is 22.4. The van der Waals surface area contributed by atoms with Crippen LogP contribution in [-0.4, -0.2) is 60.9 Å². The van der Waals surface area contributed by atoms with Crippen LogP contribution in [0.3, 0.4) is 0 Å². The van der Waals surface area contributed by atoms with Crippen molar-refractivity contribution in [3.8, 4) is 5.75 Å². The Morgan fingerprint density at radius 1 is 1.21 bits per heavy atom. The molecule has 1 fully saturated rings. The number of halogens is 4.